The standard InChI is InChI=1S/C27H28F7NO2/c1-14(16-9-17(26(29,30)31)11-18(10-16)27(32,33)34)37-24-22(15-5-7-19(28)8-6-15)20-12-35-23(25(2,3)4)21(20)13-36-24/h5-11,14,20-21,23,35H,12-13H2,1-4H3/t14-,20-,21+,23?/m1/s1. The van der Waals surface area contributed by atoms with E-state index >= 15 is 0 Å². The molecule has 1 N–H and O–H groups in total. The lowest BCUT2D eigenvalue weighted by Gasteiger charge is -2.38. The lowest BCUT2D eigenvalue weighted by Crippen LogP contribution is -2.42. The van der Waals surface area contributed by atoms with Gasteiger partial charge in [-0.3, -0.25) is 0 Å². The molecule has 37 heavy (non-hydrogen) atoms. The highest BCUT2D eigenvalue weighted by Gasteiger charge is 2.48. The van der Waals surface area contributed by atoms with E-state index in [-0.39, 0.29) is 47.5 Å². The van der Waals surface area contributed by atoms with E-state index in [9.17, 15) is 30.7 Å². The van der Waals surface area contributed by atoms with Crippen molar-refractivity contribution in [1.29, 1.82) is 0 Å². The van der Waals surface area contributed by atoms with Crippen molar-refractivity contribution in [3.63, 3.8) is 0 Å². The quantitative estimate of drug-likeness (QED) is 0.413. The minimum atomic E-state index is -4.97. The van der Waals surface area contributed by atoms with Crippen LogP contribution in [0.1, 0.15) is 56.1 Å². The third kappa shape index (κ3) is 5.73. The molecule has 1 fully saturated rings. The average molecular weight is 532 g/mol. The van der Waals surface area contributed by atoms with E-state index in [0.29, 0.717) is 29.8 Å². The van der Waals surface area contributed by atoms with E-state index in [1.165, 1.54) is 19.1 Å². The number of rotatable bonds is 4. The molecule has 2 aromatic carbocycles. The van der Waals surface area contributed by atoms with Gasteiger partial charge in [-0.25, -0.2) is 4.39 Å². The lowest BCUT2D eigenvalue weighted by atomic mass is 9.73. The summed E-state index contributed by atoms with van der Waals surface area (Å²) in [6.07, 6.45) is -11.1. The maximum Gasteiger partial charge on any atom is 0.416 e. The predicted octanol–water partition coefficient (Wildman–Crippen LogP) is 7.59. The van der Waals surface area contributed by atoms with Gasteiger partial charge in [-0.05, 0) is 53.8 Å². The predicted molar refractivity (Wildman–Crippen MR) is 123 cm³/mol. The Balaban J connectivity index is 1.75. The molecule has 0 radical (unpaired) electrons. The third-order valence-corrected chi connectivity index (χ3v) is 6.95. The maximum absolute atomic E-state index is 13.7. The zero-order valence-electron chi connectivity index (χ0n) is 20.7. The van der Waals surface area contributed by atoms with Crippen molar-refractivity contribution < 1.29 is 40.2 Å². The van der Waals surface area contributed by atoms with Crippen molar-refractivity contribution in [2.75, 3.05) is 13.2 Å². The van der Waals surface area contributed by atoms with Gasteiger partial charge in [0.2, 0.25) is 0 Å². The first-order valence-corrected chi connectivity index (χ1v) is 11.9. The molecule has 1 unspecified atom stereocenters. The van der Waals surface area contributed by atoms with Gasteiger partial charge in [0, 0.05) is 30.0 Å². The van der Waals surface area contributed by atoms with Gasteiger partial charge in [-0.1, -0.05) is 32.9 Å². The lowest BCUT2D eigenvalue weighted by molar-refractivity contribution is -0.143. The van der Waals surface area contributed by atoms with E-state index in [4.69, 9.17) is 9.47 Å². The molecule has 10 heteroatoms. The topological polar surface area (TPSA) is 30.5 Å². The summed E-state index contributed by atoms with van der Waals surface area (Å²) in [5, 5.41) is 3.51. The van der Waals surface area contributed by atoms with Crippen LogP contribution in [0.25, 0.3) is 5.57 Å². The van der Waals surface area contributed by atoms with Gasteiger partial charge in [-0.2, -0.15) is 26.3 Å². The molecule has 2 heterocycles. The first-order chi connectivity index (χ1) is 17.1. The number of ether oxygens (including phenoxy) is 2. The molecule has 0 aliphatic carbocycles. The molecule has 2 aliphatic rings. The molecule has 202 valence electrons. The highest BCUT2D eigenvalue weighted by atomic mass is 19.4. The molecule has 3 nitrogen and oxygen atoms in total. The largest absolute Gasteiger partial charge is 0.465 e. The van der Waals surface area contributed by atoms with E-state index in [0.717, 1.165) is 0 Å². The maximum atomic E-state index is 13.7. The fourth-order valence-corrected chi connectivity index (χ4v) is 5.17. The molecule has 0 aromatic heterocycles. The molecule has 0 spiro atoms. The summed E-state index contributed by atoms with van der Waals surface area (Å²) in [4.78, 5) is 0. The van der Waals surface area contributed by atoms with E-state index in [2.05, 4.69) is 26.1 Å². The summed E-state index contributed by atoms with van der Waals surface area (Å²) < 4.78 is 106. The van der Waals surface area contributed by atoms with Gasteiger partial charge < -0.3 is 14.8 Å². The zero-order chi connectivity index (χ0) is 27.3. The van der Waals surface area contributed by atoms with Crippen LogP contribution in [0.4, 0.5) is 30.7 Å². The van der Waals surface area contributed by atoms with Gasteiger partial charge >= 0.3 is 12.4 Å². The van der Waals surface area contributed by atoms with Gasteiger partial charge in [-0.15, -0.1) is 0 Å². The highest BCUT2D eigenvalue weighted by Crippen LogP contribution is 2.46. The Labute approximate surface area is 210 Å². The summed E-state index contributed by atoms with van der Waals surface area (Å²) in [6, 6.07) is 7.13. The average Bonchev–Trinajstić information content (AvgIpc) is 3.23. The minimum absolute atomic E-state index is 0.0164. The Bertz CT molecular complexity index is 1130. The van der Waals surface area contributed by atoms with Gasteiger partial charge in [0.15, 0.2) is 0 Å². The fourth-order valence-electron chi connectivity index (χ4n) is 5.17. The second kappa shape index (κ2) is 9.53. The molecular formula is C27H28F7NO2. The van der Waals surface area contributed by atoms with Crippen LogP contribution in [0.5, 0.6) is 0 Å². The summed E-state index contributed by atoms with van der Waals surface area (Å²) in [6.45, 7) is 8.45. The summed E-state index contributed by atoms with van der Waals surface area (Å²) >= 11 is 0. The Hall–Kier alpha value is -2.75. The van der Waals surface area contributed by atoms with Crippen LogP contribution >= 0.6 is 0 Å². The molecule has 0 bridgehead atoms. The number of fused-ring (bicyclic) bond motifs is 1. The van der Waals surface area contributed by atoms with Crippen LogP contribution < -0.4 is 5.32 Å². The summed E-state index contributed by atoms with van der Waals surface area (Å²) in [5.41, 5.74) is -2.03. The molecule has 4 rings (SSSR count). The minimum Gasteiger partial charge on any atom is -0.465 e. The Kier molecular flexibility index (Phi) is 7.03. The van der Waals surface area contributed by atoms with E-state index in [1.54, 1.807) is 12.1 Å². The van der Waals surface area contributed by atoms with Crippen molar-refractivity contribution in [2.24, 2.45) is 17.3 Å². The van der Waals surface area contributed by atoms with Crippen molar-refractivity contribution >= 4 is 5.57 Å². The molecule has 2 aromatic rings. The number of nitrogens with one attached hydrogen (secondary N) is 1. The van der Waals surface area contributed by atoms with Crippen LogP contribution in [0.3, 0.4) is 0 Å². The van der Waals surface area contributed by atoms with Crippen LogP contribution in [0.2, 0.25) is 0 Å². The van der Waals surface area contributed by atoms with E-state index in [1.807, 2.05) is 0 Å². The molecule has 1 saturated heterocycles. The van der Waals surface area contributed by atoms with Crippen molar-refractivity contribution in [3.05, 3.63) is 76.5 Å². The van der Waals surface area contributed by atoms with Crippen LogP contribution in [-0.4, -0.2) is 19.2 Å². The van der Waals surface area contributed by atoms with Crippen molar-refractivity contribution in [1.82, 2.24) is 5.32 Å². The fraction of sp³-hybridized carbons (Fsp3) is 0.481. The number of benzene rings is 2. The second-order valence-electron chi connectivity index (χ2n) is 10.6. The highest BCUT2D eigenvalue weighted by molar-refractivity contribution is 5.70. The normalized spacial score (nSPS) is 23.5. The SMILES string of the molecule is C[C@@H](OC1=C(c2ccc(F)cc2)[C@@H]2CNC(C(C)(C)C)[C@H]2CO1)c1cc(C(F)(F)F)cc(C(F)(F)F)c1. The number of halogens is 7. The molecule has 2 aliphatic heterocycles. The van der Waals surface area contributed by atoms with E-state index < -0.39 is 35.4 Å². The molecule has 4 atom stereocenters. The number of alkyl halides is 6. The molecule has 0 amide bonds. The first kappa shape index (κ1) is 27.3. The third-order valence-electron chi connectivity index (χ3n) is 6.95. The number of hydrogen-bond acceptors (Lipinski definition) is 3. The van der Waals surface area contributed by atoms with Gasteiger partial charge in [0.1, 0.15) is 11.9 Å². The Morgan fingerprint density at radius 3 is 2.00 bits per heavy atom. The smallest absolute Gasteiger partial charge is 0.416 e. The van der Waals surface area contributed by atoms with Gasteiger partial charge in [0.05, 0.1) is 17.7 Å². The van der Waals surface area contributed by atoms with Gasteiger partial charge in [0.25, 0.3) is 5.95 Å². The van der Waals surface area contributed by atoms with Crippen LogP contribution in [0.15, 0.2) is 48.4 Å². The van der Waals surface area contributed by atoms with Crippen LogP contribution in [-0.2, 0) is 21.8 Å². The van der Waals surface area contributed by atoms with Crippen molar-refractivity contribution in [3.8, 4) is 0 Å². The van der Waals surface area contributed by atoms with Crippen LogP contribution in [0, 0.1) is 23.1 Å². The molecule has 0 saturated carbocycles. The summed E-state index contributed by atoms with van der Waals surface area (Å²) in [7, 11) is 0. The second-order valence-corrected chi connectivity index (χ2v) is 10.6. The Morgan fingerprint density at radius 2 is 1.49 bits per heavy atom. The first-order valence-electron chi connectivity index (χ1n) is 11.9. The monoisotopic (exact) mass is 531 g/mol. The molecular weight excluding hydrogens is 503 g/mol. The Morgan fingerprint density at radius 1 is 0.919 bits per heavy atom. The zero-order valence-corrected chi connectivity index (χ0v) is 20.7. The van der Waals surface area contributed by atoms with Crippen molar-refractivity contribution in [2.45, 2.75) is 52.2 Å². The number of hydrogen-bond donors (Lipinski definition) is 1. The summed E-state index contributed by atoms with van der Waals surface area (Å²) in [5.74, 6) is -0.511.